The molecule has 2 rings (SSSR count). The van der Waals surface area contributed by atoms with Crippen LogP contribution in [0.1, 0.15) is 40.5 Å². The van der Waals surface area contributed by atoms with Crippen molar-refractivity contribution in [3.8, 4) is 0 Å². The first-order chi connectivity index (χ1) is 8.21. The monoisotopic (exact) mass is 273 g/mol. The summed E-state index contributed by atoms with van der Waals surface area (Å²) < 4.78 is 23.3. The highest BCUT2D eigenvalue weighted by atomic mass is 32.2. The second-order valence-electron chi connectivity index (χ2n) is 7.16. The average Bonchev–Trinajstić information content (AvgIpc) is 2.15. The van der Waals surface area contributed by atoms with Crippen LogP contribution in [0.5, 0.6) is 0 Å². The fraction of sp³-hybridized carbons (Fsp3) is 1.00. The Balaban J connectivity index is 1.83. The topological polar surface area (TPSA) is 37.4 Å². The van der Waals surface area contributed by atoms with E-state index in [9.17, 15) is 8.42 Å². The Labute approximate surface area is 112 Å². The summed E-state index contributed by atoms with van der Waals surface area (Å²) in [5.41, 5.74) is 0. The predicted octanol–water partition coefficient (Wildman–Crippen LogP) is 2.18. The van der Waals surface area contributed by atoms with E-state index in [0.29, 0.717) is 12.3 Å². The van der Waals surface area contributed by atoms with E-state index >= 15 is 0 Å². The molecule has 1 aliphatic carbocycles. The van der Waals surface area contributed by atoms with E-state index in [0.717, 1.165) is 30.8 Å². The Morgan fingerprint density at radius 2 is 1.89 bits per heavy atom. The summed E-state index contributed by atoms with van der Waals surface area (Å²) in [5.74, 6) is 2.84. The smallest absolute Gasteiger partial charge is 0.157 e. The first-order valence-electron chi connectivity index (χ1n) is 7.16. The second kappa shape index (κ2) is 4.78. The first-order valence-corrected chi connectivity index (χ1v) is 8.81. The van der Waals surface area contributed by atoms with Gasteiger partial charge >= 0.3 is 0 Å². The van der Waals surface area contributed by atoms with Crippen molar-refractivity contribution in [2.24, 2.45) is 17.8 Å². The minimum Gasteiger partial charge on any atom is -0.301 e. The number of nitrogens with zero attached hydrogens (tertiary/aromatic N) is 1. The molecule has 1 saturated carbocycles. The van der Waals surface area contributed by atoms with Crippen LogP contribution in [0.4, 0.5) is 0 Å². The van der Waals surface area contributed by atoms with Gasteiger partial charge in [-0.05, 0) is 44.4 Å². The summed E-state index contributed by atoms with van der Waals surface area (Å²) in [4.78, 5) is 2.36. The number of hydrogen-bond acceptors (Lipinski definition) is 3. The lowest BCUT2D eigenvalue weighted by Crippen LogP contribution is -2.54. The molecular formula is C14H27NO2S. The lowest BCUT2D eigenvalue weighted by atomic mass is 9.69. The van der Waals surface area contributed by atoms with Gasteiger partial charge in [-0.15, -0.1) is 0 Å². The van der Waals surface area contributed by atoms with Crippen LogP contribution in [-0.4, -0.2) is 43.5 Å². The van der Waals surface area contributed by atoms with E-state index in [4.69, 9.17) is 0 Å². The molecule has 0 unspecified atom stereocenters. The highest BCUT2D eigenvalue weighted by molar-refractivity contribution is 7.92. The van der Waals surface area contributed by atoms with Crippen molar-refractivity contribution in [1.82, 2.24) is 4.90 Å². The highest BCUT2D eigenvalue weighted by Crippen LogP contribution is 2.39. The van der Waals surface area contributed by atoms with Gasteiger partial charge in [0.2, 0.25) is 0 Å². The Kier molecular flexibility index (Phi) is 3.81. The standard InChI is InChI=1S/C14H27NO2S/c1-11(2)13-7-12(8-13)9-15-5-6-18(16,17)14(3,4)10-15/h11-13H,5-10H2,1-4H3/t12-,13+. The van der Waals surface area contributed by atoms with E-state index in [1.54, 1.807) is 0 Å². The van der Waals surface area contributed by atoms with E-state index in [2.05, 4.69) is 18.7 Å². The molecule has 0 bridgehead atoms. The quantitative estimate of drug-likeness (QED) is 0.791. The molecule has 0 aromatic rings. The number of rotatable bonds is 3. The summed E-state index contributed by atoms with van der Waals surface area (Å²) in [6.07, 6.45) is 2.67. The third-order valence-electron chi connectivity index (χ3n) is 4.85. The van der Waals surface area contributed by atoms with Gasteiger partial charge in [0.05, 0.1) is 10.5 Å². The van der Waals surface area contributed by atoms with Crippen molar-refractivity contribution < 1.29 is 8.42 Å². The van der Waals surface area contributed by atoms with Gasteiger partial charge in [-0.2, -0.15) is 0 Å². The van der Waals surface area contributed by atoms with Crippen LogP contribution < -0.4 is 0 Å². The summed E-state index contributed by atoms with van der Waals surface area (Å²) in [6.45, 7) is 10.9. The fourth-order valence-corrected chi connectivity index (χ4v) is 4.67. The molecule has 0 atom stereocenters. The molecule has 1 saturated heterocycles. The number of hydrogen-bond donors (Lipinski definition) is 0. The lowest BCUT2D eigenvalue weighted by molar-refractivity contribution is 0.0916. The first kappa shape index (κ1) is 14.3. The van der Waals surface area contributed by atoms with Crippen molar-refractivity contribution >= 4 is 9.84 Å². The molecule has 3 nitrogen and oxygen atoms in total. The Bertz CT molecular complexity index is 394. The minimum atomic E-state index is -2.88. The van der Waals surface area contributed by atoms with E-state index in [1.165, 1.54) is 12.8 Å². The molecule has 0 N–H and O–H groups in total. The molecule has 2 fully saturated rings. The van der Waals surface area contributed by atoms with Crippen LogP contribution in [0.2, 0.25) is 0 Å². The van der Waals surface area contributed by atoms with Crippen molar-refractivity contribution in [3.63, 3.8) is 0 Å². The van der Waals surface area contributed by atoms with Crippen LogP contribution in [0.3, 0.4) is 0 Å². The molecule has 1 heterocycles. The molecule has 106 valence electrons. The van der Waals surface area contributed by atoms with Gasteiger partial charge in [0.25, 0.3) is 0 Å². The second-order valence-corrected chi connectivity index (χ2v) is 9.90. The molecule has 0 spiro atoms. The maximum Gasteiger partial charge on any atom is 0.157 e. The van der Waals surface area contributed by atoms with Crippen molar-refractivity contribution in [2.45, 2.75) is 45.3 Å². The van der Waals surface area contributed by atoms with E-state index in [-0.39, 0.29) is 0 Å². The van der Waals surface area contributed by atoms with E-state index < -0.39 is 14.6 Å². The summed E-state index contributed by atoms with van der Waals surface area (Å²) in [6, 6.07) is 0. The predicted molar refractivity (Wildman–Crippen MR) is 75.4 cm³/mol. The zero-order valence-corrected chi connectivity index (χ0v) is 13.0. The molecule has 18 heavy (non-hydrogen) atoms. The van der Waals surface area contributed by atoms with E-state index in [1.807, 2.05) is 13.8 Å². The van der Waals surface area contributed by atoms with Gasteiger partial charge in [-0.25, -0.2) is 8.42 Å². The van der Waals surface area contributed by atoms with Crippen molar-refractivity contribution in [3.05, 3.63) is 0 Å². The molecule has 0 radical (unpaired) electrons. The molecule has 4 heteroatoms. The largest absolute Gasteiger partial charge is 0.301 e. The van der Waals surface area contributed by atoms with Crippen LogP contribution in [0.15, 0.2) is 0 Å². The maximum absolute atomic E-state index is 11.9. The van der Waals surface area contributed by atoms with Crippen molar-refractivity contribution in [1.29, 1.82) is 0 Å². The summed E-state index contributed by atoms with van der Waals surface area (Å²) in [7, 11) is -2.88. The Morgan fingerprint density at radius 1 is 1.28 bits per heavy atom. The average molecular weight is 273 g/mol. The van der Waals surface area contributed by atoms with Gasteiger partial charge in [0, 0.05) is 19.6 Å². The van der Waals surface area contributed by atoms with Crippen molar-refractivity contribution in [2.75, 3.05) is 25.4 Å². The van der Waals surface area contributed by atoms with Crippen LogP contribution in [0.25, 0.3) is 0 Å². The van der Waals surface area contributed by atoms with Crippen LogP contribution in [-0.2, 0) is 9.84 Å². The third kappa shape index (κ3) is 2.74. The van der Waals surface area contributed by atoms with Crippen LogP contribution >= 0.6 is 0 Å². The zero-order valence-electron chi connectivity index (χ0n) is 12.1. The van der Waals surface area contributed by atoms with Crippen LogP contribution in [0, 0.1) is 17.8 Å². The zero-order chi connectivity index (χ0) is 13.6. The van der Waals surface area contributed by atoms with Gasteiger partial charge in [-0.1, -0.05) is 13.8 Å². The summed E-state index contributed by atoms with van der Waals surface area (Å²) in [5, 5.41) is 0. The molecule has 0 aromatic heterocycles. The fourth-order valence-electron chi connectivity index (χ4n) is 3.24. The molecule has 0 aromatic carbocycles. The Morgan fingerprint density at radius 3 is 2.39 bits per heavy atom. The molecule has 2 aliphatic rings. The van der Waals surface area contributed by atoms with Gasteiger partial charge in [0.1, 0.15) is 0 Å². The lowest BCUT2D eigenvalue weighted by Gasteiger charge is -2.44. The highest BCUT2D eigenvalue weighted by Gasteiger charge is 2.41. The third-order valence-corrected chi connectivity index (χ3v) is 7.39. The van der Waals surface area contributed by atoms with Gasteiger partial charge < -0.3 is 4.90 Å². The molecular weight excluding hydrogens is 246 g/mol. The molecule has 1 aliphatic heterocycles. The van der Waals surface area contributed by atoms with Gasteiger partial charge in [-0.3, -0.25) is 0 Å². The Hall–Kier alpha value is -0.0900. The number of sulfone groups is 1. The van der Waals surface area contributed by atoms with Gasteiger partial charge in [0.15, 0.2) is 9.84 Å². The molecule has 0 amide bonds. The summed E-state index contributed by atoms with van der Waals surface area (Å²) >= 11 is 0. The minimum absolute atomic E-state index is 0.334. The normalized spacial score (nSPS) is 35.4. The maximum atomic E-state index is 11.9. The SMILES string of the molecule is CC(C)[C@H]1C[C@@H](CN2CCS(=O)(=O)C(C)(C)C2)C1.